The zero-order valence-corrected chi connectivity index (χ0v) is 12.7. The number of carbonyl (C=O) groups excluding carboxylic acids is 1. The van der Waals surface area contributed by atoms with Gasteiger partial charge in [0.05, 0.1) is 41.5 Å². The summed E-state index contributed by atoms with van der Waals surface area (Å²) >= 11 is 0. The van der Waals surface area contributed by atoms with Crippen molar-refractivity contribution >= 4 is 22.6 Å². The molecule has 7 nitrogen and oxygen atoms in total. The summed E-state index contributed by atoms with van der Waals surface area (Å²) in [5, 5.41) is 7.09. The fourth-order valence-corrected chi connectivity index (χ4v) is 2.45. The lowest BCUT2D eigenvalue weighted by molar-refractivity contribution is 0.102. The molecule has 3 aromatic heterocycles. The smallest absolute Gasteiger partial charge is 0.255 e. The standard InChI is InChI=1S/C17H14N6O/c24-17(12-4-5-15-16(7-12)20-11-19-15)22-14-8-21-23(10-14)9-13-3-1-2-6-18-13/h1-8,10-11H,9H2,(H,19,20)(H,22,24). The summed E-state index contributed by atoms with van der Waals surface area (Å²) < 4.78 is 1.73. The van der Waals surface area contributed by atoms with Gasteiger partial charge in [-0.25, -0.2) is 4.98 Å². The molecule has 1 amide bonds. The van der Waals surface area contributed by atoms with Crippen LogP contribution in [0.1, 0.15) is 16.1 Å². The number of hydrogen-bond acceptors (Lipinski definition) is 4. The zero-order valence-electron chi connectivity index (χ0n) is 12.7. The van der Waals surface area contributed by atoms with Crippen LogP contribution in [0, 0.1) is 0 Å². The summed E-state index contributed by atoms with van der Waals surface area (Å²) in [6.45, 7) is 0.552. The summed E-state index contributed by atoms with van der Waals surface area (Å²) in [6, 6.07) is 11.1. The number of benzene rings is 1. The van der Waals surface area contributed by atoms with Crippen LogP contribution in [0.15, 0.2) is 61.3 Å². The van der Waals surface area contributed by atoms with Gasteiger partial charge in [0.15, 0.2) is 0 Å². The number of fused-ring (bicyclic) bond motifs is 1. The fourth-order valence-electron chi connectivity index (χ4n) is 2.45. The number of H-pyrrole nitrogens is 1. The van der Waals surface area contributed by atoms with Crippen LogP contribution in [0.2, 0.25) is 0 Å². The van der Waals surface area contributed by atoms with Crippen LogP contribution in [-0.4, -0.2) is 30.6 Å². The Morgan fingerprint density at radius 3 is 3.04 bits per heavy atom. The van der Waals surface area contributed by atoms with Gasteiger partial charge in [0.1, 0.15) is 0 Å². The Morgan fingerprint density at radius 1 is 1.21 bits per heavy atom. The molecule has 0 fully saturated rings. The third kappa shape index (κ3) is 2.87. The largest absolute Gasteiger partial charge is 0.345 e. The average molecular weight is 318 g/mol. The minimum atomic E-state index is -0.197. The first-order valence-electron chi connectivity index (χ1n) is 7.45. The molecule has 4 rings (SSSR count). The Hall–Kier alpha value is -3.48. The van der Waals surface area contributed by atoms with Crippen LogP contribution < -0.4 is 5.32 Å². The molecule has 1 aromatic carbocycles. The average Bonchev–Trinajstić information content (AvgIpc) is 3.24. The number of aromatic amines is 1. The van der Waals surface area contributed by atoms with Gasteiger partial charge in [0.25, 0.3) is 5.91 Å². The van der Waals surface area contributed by atoms with Gasteiger partial charge in [-0.3, -0.25) is 14.5 Å². The molecule has 7 heteroatoms. The van der Waals surface area contributed by atoms with Crippen molar-refractivity contribution in [1.29, 1.82) is 0 Å². The maximum Gasteiger partial charge on any atom is 0.255 e. The molecule has 0 unspecified atom stereocenters. The SMILES string of the molecule is O=C(Nc1cnn(Cc2ccccn2)c1)c1ccc2[nH]cnc2c1. The molecule has 0 aliphatic heterocycles. The van der Waals surface area contributed by atoms with E-state index < -0.39 is 0 Å². The highest BCUT2D eigenvalue weighted by atomic mass is 16.1. The number of imidazole rings is 1. The lowest BCUT2D eigenvalue weighted by Gasteiger charge is -2.03. The van der Waals surface area contributed by atoms with Gasteiger partial charge in [-0.05, 0) is 30.3 Å². The van der Waals surface area contributed by atoms with Crippen LogP contribution in [0.3, 0.4) is 0 Å². The number of rotatable bonds is 4. The van der Waals surface area contributed by atoms with Crippen molar-refractivity contribution in [2.45, 2.75) is 6.54 Å². The van der Waals surface area contributed by atoms with E-state index in [0.29, 0.717) is 17.8 Å². The van der Waals surface area contributed by atoms with Crippen LogP contribution in [0.4, 0.5) is 5.69 Å². The van der Waals surface area contributed by atoms with Crippen molar-refractivity contribution in [1.82, 2.24) is 24.7 Å². The van der Waals surface area contributed by atoms with E-state index in [2.05, 4.69) is 25.4 Å². The van der Waals surface area contributed by atoms with Crippen LogP contribution in [-0.2, 0) is 6.54 Å². The van der Waals surface area contributed by atoms with Crippen LogP contribution in [0.25, 0.3) is 11.0 Å². The highest BCUT2D eigenvalue weighted by Crippen LogP contribution is 2.14. The van der Waals surface area contributed by atoms with Crippen molar-refractivity contribution in [3.63, 3.8) is 0 Å². The molecule has 0 aliphatic carbocycles. The van der Waals surface area contributed by atoms with E-state index in [9.17, 15) is 4.79 Å². The summed E-state index contributed by atoms with van der Waals surface area (Å²) in [5.41, 5.74) is 3.75. The van der Waals surface area contributed by atoms with Gasteiger partial charge < -0.3 is 10.3 Å². The second kappa shape index (κ2) is 5.96. The summed E-state index contributed by atoms with van der Waals surface area (Å²) in [5.74, 6) is -0.197. The molecule has 0 saturated carbocycles. The molecule has 0 atom stereocenters. The number of pyridine rings is 1. The van der Waals surface area contributed by atoms with E-state index in [-0.39, 0.29) is 5.91 Å². The van der Waals surface area contributed by atoms with E-state index in [1.807, 2.05) is 24.3 Å². The molecule has 118 valence electrons. The minimum absolute atomic E-state index is 0.197. The van der Waals surface area contributed by atoms with E-state index in [0.717, 1.165) is 16.7 Å². The summed E-state index contributed by atoms with van der Waals surface area (Å²) in [4.78, 5) is 23.8. The Morgan fingerprint density at radius 2 is 2.17 bits per heavy atom. The third-order valence-electron chi connectivity index (χ3n) is 3.62. The van der Waals surface area contributed by atoms with Gasteiger partial charge in [0, 0.05) is 18.0 Å². The Kier molecular flexibility index (Phi) is 3.51. The maximum absolute atomic E-state index is 12.3. The third-order valence-corrected chi connectivity index (χ3v) is 3.62. The van der Waals surface area contributed by atoms with Gasteiger partial charge in [-0.15, -0.1) is 0 Å². The second-order valence-corrected chi connectivity index (χ2v) is 5.34. The fraction of sp³-hybridized carbons (Fsp3) is 0.0588. The number of anilines is 1. The van der Waals surface area contributed by atoms with E-state index in [1.54, 1.807) is 41.7 Å². The predicted octanol–water partition coefficient (Wildman–Crippen LogP) is 2.46. The number of carbonyl (C=O) groups is 1. The molecule has 0 saturated heterocycles. The number of hydrogen-bond donors (Lipinski definition) is 2. The lowest BCUT2D eigenvalue weighted by Crippen LogP contribution is -2.11. The molecule has 0 radical (unpaired) electrons. The van der Waals surface area contributed by atoms with Crippen LogP contribution in [0.5, 0.6) is 0 Å². The van der Waals surface area contributed by atoms with E-state index >= 15 is 0 Å². The molecular weight excluding hydrogens is 304 g/mol. The highest BCUT2D eigenvalue weighted by Gasteiger charge is 2.09. The maximum atomic E-state index is 12.3. The van der Waals surface area contributed by atoms with Crippen molar-refractivity contribution in [3.8, 4) is 0 Å². The van der Waals surface area contributed by atoms with E-state index in [1.165, 1.54) is 0 Å². The van der Waals surface area contributed by atoms with Gasteiger partial charge >= 0.3 is 0 Å². The topological polar surface area (TPSA) is 88.5 Å². The molecule has 0 bridgehead atoms. The summed E-state index contributed by atoms with van der Waals surface area (Å²) in [6.07, 6.45) is 6.74. The number of nitrogens with zero attached hydrogens (tertiary/aromatic N) is 4. The Bertz CT molecular complexity index is 988. The molecule has 0 spiro atoms. The molecular formula is C17H14N6O. The normalized spacial score (nSPS) is 10.8. The number of amides is 1. The van der Waals surface area contributed by atoms with Crippen LogP contribution >= 0.6 is 0 Å². The Labute approximate surface area is 137 Å². The Balaban J connectivity index is 1.47. The quantitative estimate of drug-likeness (QED) is 0.605. The molecule has 4 aromatic rings. The minimum Gasteiger partial charge on any atom is -0.345 e. The highest BCUT2D eigenvalue weighted by molar-refractivity contribution is 6.05. The van der Waals surface area contributed by atoms with Gasteiger partial charge in [0.2, 0.25) is 0 Å². The molecule has 2 N–H and O–H groups in total. The second-order valence-electron chi connectivity index (χ2n) is 5.34. The van der Waals surface area contributed by atoms with E-state index in [4.69, 9.17) is 0 Å². The zero-order chi connectivity index (χ0) is 16.4. The van der Waals surface area contributed by atoms with Crippen molar-refractivity contribution in [3.05, 3.63) is 72.6 Å². The number of aromatic nitrogens is 5. The van der Waals surface area contributed by atoms with Gasteiger partial charge in [-0.1, -0.05) is 6.07 Å². The number of nitrogens with one attached hydrogen (secondary N) is 2. The molecule has 3 heterocycles. The van der Waals surface area contributed by atoms with Crippen molar-refractivity contribution < 1.29 is 4.79 Å². The molecule has 0 aliphatic rings. The lowest BCUT2D eigenvalue weighted by atomic mass is 10.2. The summed E-state index contributed by atoms with van der Waals surface area (Å²) in [7, 11) is 0. The first-order valence-corrected chi connectivity index (χ1v) is 7.45. The van der Waals surface area contributed by atoms with Crippen molar-refractivity contribution in [2.75, 3.05) is 5.32 Å². The monoisotopic (exact) mass is 318 g/mol. The van der Waals surface area contributed by atoms with Gasteiger partial charge in [-0.2, -0.15) is 5.10 Å². The predicted molar refractivity (Wildman–Crippen MR) is 89.6 cm³/mol. The van der Waals surface area contributed by atoms with Crippen molar-refractivity contribution in [2.24, 2.45) is 0 Å². The first-order chi connectivity index (χ1) is 11.8. The first kappa shape index (κ1) is 14.1. The molecule has 24 heavy (non-hydrogen) atoms.